The van der Waals surface area contributed by atoms with Gasteiger partial charge in [-0.2, -0.15) is 0 Å². The maximum Gasteiger partial charge on any atom is -0.0161 e. The largest absolute Gasteiger partial charge is 0.0988 e. The Morgan fingerprint density at radius 3 is 1.82 bits per heavy atom. The van der Waals surface area contributed by atoms with Crippen molar-refractivity contribution in [3.8, 4) is 0 Å². The fraction of sp³-hybridized carbons (Fsp3) is 0.294. The summed E-state index contributed by atoms with van der Waals surface area (Å²) in [5.41, 5.74) is 3.49. The van der Waals surface area contributed by atoms with Gasteiger partial charge in [0.1, 0.15) is 0 Å². The van der Waals surface area contributed by atoms with Gasteiger partial charge in [0.2, 0.25) is 0 Å². The van der Waals surface area contributed by atoms with Crippen LogP contribution in [0.5, 0.6) is 0 Å². The number of allylic oxidation sites excluding steroid dienone is 4. The third kappa shape index (κ3) is 6.57. The molecule has 0 atom stereocenters. The highest BCUT2D eigenvalue weighted by Gasteiger charge is 1.97. The van der Waals surface area contributed by atoms with Crippen molar-refractivity contribution in [3.63, 3.8) is 0 Å². The second kappa shape index (κ2) is 8.58. The minimum absolute atomic E-state index is 0.833. The molecule has 0 fully saturated rings. The maximum absolute atomic E-state index is 3.80. The van der Waals surface area contributed by atoms with Crippen molar-refractivity contribution >= 4 is 5.57 Å². The van der Waals surface area contributed by atoms with Gasteiger partial charge in [-0.3, -0.25) is 0 Å². The second-order valence-electron chi connectivity index (χ2n) is 4.60. The Hall–Kier alpha value is -1.56. The van der Waals surface area contributed by atoms with Crippen molar-refractivity contribution in [2.75, 3.05) is 0 Å². The molecule has 0 saturated heterocycles. The maximum atomic E-state index is 3.80. The summed E-state index contributed by atoms with van der Waals surface area (Å²) in [5.74, 6) is 0.833. The third-order valence-electron chi connectivity index (χ3n) is 2.02. The zero-order valence-electron chi connectivity index (χ0n) is 11.5. The number of benzene rings is 1. The van der Waals surface area contributed by atoms with Crippen LogP contribution in [-0.2, 0) is 0 Å². The van der Waals surface area contributed by atoms with Gasteiger partial charge in [0, 0.05) is 0 Å². The van der Waals surface area contributed by atoms with Gasteiger partial charge in [-0.25, -0.2) is 0 Å². The van der Waals surface area contributed by atoms with Crippen LogP contribution in [0, 0.1) is 5.92 Å². The monoisotopic (exact) mass is 228 g/mol. The van der Waals surface area contributed by atoms with Crippen LogP contribution in [0.3, 0.4) is 0 Å². The van der Waals surface area contributed by atoms with Crippen molar-refractivity contribution in [1.82, 2.24) is 0 Å². The Bertz CT molecular complexity index is 364. The van der Waals surface area contributed by atoms with Crippen LogP contribution in [0.4, 0.5) is 0 Å². The van der Waals surface area contributed by atoms with Crippen LogP contribution >= 0.6 is 0 Å². The lowest BCUT2D eigenvalue weighted by atomic mass is 10.0. The molecule has 0 saturated carbocycles. The molecule has 1 aromatic carbocycles. The molecule has 0 heteroatoms. The smallest absolute Gasteiger partial charge is 0.0161 e. The first-order valence-corrected chi connectivity index (χ1v) is 6.04. The first kappa shape index (κ1) is 15.4. The molecule has 0 unspecified atom stereocenters. The quantitative estimate of drug-likeness (QED) is 0.600. The number of hydrogen-bond acceptors (Lipinski definition) is 0. The summed E-state index contributed by atoms with van der Waals surface area (Å²) in [7, 11) is 0. The zero-order valence-corrected chi connectivity index (χ0v) is 11.5. The Labute approximate surface area is 106 Å². The van der Waals surface area contributed by atoms with Gasteiger partial charge >= 0.3 is 0 Å². The first-order chi connectivity index (χ1) is 8.02. The average molecular weight is 228 g/mol. The topological polar surface area (TPSA) is 0 Å². The molecule has 0 nitrogen and oxygen atoms in total. The minimum Gasteiger partial charge on any atom is -0.0988 e. The second-order valence-corrected chi connectivity index (χ2v) is 4.60. The molecule has 0 radical (unpaired) electrons. The third-order valence-corrected chi connectivity index (χ3v) is 2.02. The van der Waals surface area contributed by atoms with E-state index in [1.54, 1.807) is 0 Å². The van der Waals surface area contributed by atoms with Gasteiger partial charge in [0.15, 0.2) is 0 Å². The number of rotatable bonds is 3. The van der Waals surface area contributed by atoms with Gasteiger partial charge in [0.05, 0.1) is 0 Å². The first-order valence-electron chi connectivity index (χ1n) is 6.04. The van der Waals surface area contributed by atoms with Crippen molar-refractivity contribution < 1.29 is 0 Å². The summed E-state index contributed by atoms with van der Waals surface area (Å²) >= 11 is 0. The Morgan fingerprint density at radius 1 is 1.00 bits per heavy atom. The minimum atomic E-state index is 0.833. The van der Waals surface area contributed by atoms with E-state index in [0.29, 0.717) is 0 Å². The normalized spacial score (nSPS) is 11.1. The highest BCUT2D eigenvalue weighted by Crippen LogP contribution is 2.19. The van der Waals surface area contributed by atoms with Crippen molar-refractivity contribution in [1.29, 1.82) is 0 Å². The van der Waals surface area contributed by atoms with E-state index in [0.717, 1.165) is 17.1 Å². The molecule has 92 valence electrons. The molecule has 0 amide bonds. The van der Waals surface area contributed by atoms with Gasteiger partial charge in [-0.05, 0) is 29.6 Å². The predicted molar refractivity (Wildman–Crippen MR) is 79.9 cm³/mol. The molecule has 0 aliphatic carbocycles. The molecular formula is C17H24. The van der Waals surface area contributed by atoms with Gasteiger partial charge < -0.3 is 0 Å². The zero-order chi connectivity index (χ0) is 13.3. The Balaban J connectivity index is 0.000000557. The van der Waals surface area contributed by atoms with E-state index < -0.39 is 0 Å². The van der Waals surface area contributed by atoms with E-state index in [4.69, 9.17) is 0 Å². The summed E-state index contributed by atoms with van der Waals surface area (Å²) in [6, 6.07) is 10.2. The van der Waals surface area contributed by atoms with Crippen LogP contribution < -0.4 is 0 Å². The van der Waals surface area contributed by atoms with Crippen LogP contribution in [-0.4, -0.2) is 0 Å². The number of hydrogen-bond donors (Lipinski definition) is 0. The molecule has 0 N–H and O–H groups in total. The summed E-state index contributed by atoms with van der Waals surface area (Å²) < 4.78 is 0. The lowest BCUT2D eigenvalue weighted by Gasteiger charge is -2.04. The van der Waals surface area contributed by atoms with Gasteiger partial charge in [0.25, 0.3) is 0 Å². The fourth-order valence-electron chi connectivity index (χ4n) is 1.23. The highest BCUT2D eigenvalue weighted by molar-refractivity contribution is 5.77. The Morgan fingerprint density at radius 2 is 1.47 bits per heavy atom. The molecule has 0 spiro atoms. The van der Waals surface area contributed by atoms with Crippen molar-refractivity contribution in [2.45, 2.75) is 27.7 Å². The van der Waals surface area contributed by atoms with E-state index in [9.17, 15) is 0 Å². The predicted octanol–water partition coefficient (Wildman–Crippen LogP) is 5.49. The Kier molecular flexibility index (Phi) is 7.79. The molecule has 0 bridgehead atoms. The molecule has 0 aromatic heterocycles. The molecular weight excluding hydrogens is 204 g/mol. The van der Waals surface area contributed by atoms with Crippen molar-refractivity contribution in [3.05, 3.63) is 66.8 Å². The lowest BCUT2D eigenvalue weighted by molar-refractivity contribution is 0.737. The standard InChI is InChI=1S/C13H14.C4H10/c1-4-11(3)13(5-2)12-9-7-6-8-10-12;1-4(2)3/h4-10H,1-2H2,3H3;4H,1-3H3/b13-11+;. The molecule has 0 heterocycles. The van der Waals surface area contributed by atoms with Crippen LogP contribution in [0.1, 0.15) is 33.3 Å². The van der Waals surface area contributed by atoms with Crippen molar-refractivity contribution in [2.24, 2.45) is 5.92 Å². The van der Waals surface area contributed by atoms with E-state index in [-0.39, 0.29) is 0 Å². The van der Waals surface area contributed by atoms with Crippen LogP contribution in [0.15, 0.2) is 61.2 Å². The summed E-state index contributed by atoms with van der Waals surface area (Å²) in [6.07, 6.45) is 3.72. The summed E-state index contributed by atoms with van der Waals surface area (Å²) in [4.78, 5) is 0. The van der Waals surface area contributed by atoms with Crippen LogP contribution in [0.2, 0.25) is 0 Å². The summed E-state index contributed by atoms with van der Waals surface area (Å²) in [5, 5.41) is 0. The molecule has 0 aliphatic rings. The molecule has 1 aromatic rings. The van der Waals surface area contributed by atoms with E-state index in [2.05, 4.69) is 46.1 Å². The summed E-state index contributed by atoms with van der Waals surface area (Å²) in [6.45, 7) is 16.1. The van der Waals surface area contributed by atoms with Gasteiger partial charge in [-0.1, -0.05) is 76.4 Å². The van der Waals surface area contributed by atoms with E-state index in [1.165, 1.54) is 5.56 Å². The average Bonchev–Trinajstić information content (AvgIpc) is 2.30. The fourth-order valence-corrected chi connectivity index (χ4v) is 1.23. The SMILES string of the molecule is C=C/C(C)=C(\C=C)c1ccccc1.CC(C)C. The van der Waals surface area contributed by atoms with E-state index >= 15 is 0 Å². The molecule has 1 rings (SSSR count). The lowest BCUT2D eigenvalue weighted by Crippen LogP contribution is -1.82. The molecule has 17 heavy (non-hydrogen) atoms. The van der Waals surface area contributed by atoms with Gasteiger partial charge in [-0.15, -0.1) is 0 Å². The van der Waals surface area contributed by atoms with E-state index in [1.807, 2.05) is 37.3 Å². The van der Waals surface area contributed by atoms with Crippen LogP contribution in [0.25, 0.3) is 5.57 Å². The highest BCUT2D eigenvalue weighted by atomic mass is 14.0. The molecule has 0 aliphatic heterocycles.